The highest BCUT2D eigenvalue weighted by molar-refractivity contribution is 4.65. The van der Waals surface area contributed by atoms with Gasteiger partial charge in [0.15, 0.2) is 0 Å². The summed E-state index contributed by atoms with van der Waals surface area (Å²) in [4.78, 5) is 0. The highest BCUT2D eigenvalue weighted by Gasteiger charge is 2.14. The lowest BCUT2D eigenvalue weighted by Gasteiger charge is -2.22. The third kappa shape index (κ3) is 9.64. The molecular weight excluding hydrogens is 208 g/mol. The van der Waals surface area contributed by atoms with Gasteiger partial charge in [0.05, 0.1) is 6.10 Å². The van der Waals surface area contributed by atoms with Gasteiger partial charge in [0.2, 0.25) is 0 Å². The van der Waals surface area contributed by atoms with Crippen LogP contribution >= 0.6 is 0 Å². The molecule has 0 amide bonds. The summed E-state index contributed by atoms with van der Waals surface area (Å²) in [7, 11) is 0. The Morgan fingerprint density at radius 3 is 1.76 bits per heavy atom. The molecule has 0 heterocycles. The minimum atomic E-state index is 0.440. The van der Waals surface area contributed by atoms with E-state index < -0.39 is 0 Å². The Hall–Kier alpha value is -0.0400. The maximum atomic E-state index is 5.72. The minimum Gasteiger partial charge on any atom is -0.379 e. The van der Waals surface area contributed by atoms with Crippen LogP contribution in [0.2, 0.25) is 0 Å². The second kappa shape index (κ2) is 9.94. The Morgan fingerprint density at radius 1 is 0.765 bits per heavy atom. The molecule has 0 aliphatic rings. The van der Waals surface area contributed by atoms with Gasteiger partial charge >= 0.3 is 0 Å². The maximum Gasteiger partial charge on any atom is 0.0547 e. The van der Waals surface area contributed by atoms with E-state index in [0.29, 0.717) is 6.10 Å². The summed E-state index contributed by atoms with van der Waals surface area (Å²) in [6, 6.07) is 0. The van der Waals surface area contributed by atoms with E-state index in [-0.39, 0.29) is 0 Å². The highest BCUT2D eigenvalue weighted by atomic mass is 16.5. The van der Waals surface area contributed by atoms with Crippen LogP contribution in [0.4, 0.5) is 0 Å². The molecule has 0 aromatic rings. The van der Waals surface area contributed by atoms with Crippen LogP contribution in [0.5, 0.6) is 0 Å². The van der Waals surface area contributed by atoms with E-state index in [2.05, 4.69) is 41.5 Å². The zero-order valence-electron chi connectivity index (χ0n) is 13.0. The van der Waals surface area contributed by atoms with Crippen LogP contribution in [-0.2, 0) is 4.74 Å². The zero-order chi connectivity index (χ0) is 13.3. The molecule has 0 saturated carbocycles. The second-order valence-corrected chi connectivity index (χ2v) is 6.18. The maximum absolute atomic E-state index is 5.72. The highest BCUT2D eigenvalue weighted by Crippen LogP contribution is 2.24. The van der Waals surface area contributed by atoms with Gasteiger partial charge in [-0.2, -0.15) is 0 Å². The predicted octanol–water partition coefficient (Wildman–Crippen LogP) is 5.29. The molecule has 0 spiro atoms. The van der Waals surface area contributed by atoms with Crippen molar-refractivity contribution in [3.63, 3.8) is 0 Å². The van der Waals surface area contributed by atoms with Crippen molar-refractivity contribution in [1.82, 2.24) is 0 Å². The number of rotatable bonds is 10. The molecule has 3 unspecified atom stereocenters. The molecule has 0 aliphatic carbocycles. The van der Waals surface area contributed by atoms with Crippen molar-refractivity contribution in [2.75, 3.05) is 6.61 Å². The Kier molecular flexibility index (Phi) is 9.91. The minimum absolute atomic E-state index is 0.440. The first-order chi connectivity index (χ1) is 7.97. The summed E-state index contributed by atoms with van der Waals surface area (Å²) in [5, 5.41) is 0. The van der Waals surface area contributed by atoms with Crippen molar-refractivity contribution >= 4 is 0 Å². The van der Waals surface area contributed by atoms with Crippen molar-refractivity contribution in [2.45, 2.75) is 79.8 Å². The first kappa shape index (κ1) is 17.0. The Morgan fingerprint density at radius 2 is 1.29 bits per heavy atom. The molecule has 104 valence electrons. The molecule has 1 heteroatoms. The predicted molar refractivity (Wildman–Crippen MR) is 77.3 cm³/mol. The average Bonchev–Trinajstić information content (AvgIpc) is 2.29. The summed E-state index contributed by atoms with van der Waals surface area (Å²) in [6.45, 7) is 14.7. The van der Waals surface area contributed by atoms with E-state index in [1.54, 1.807) is 0 Å². The lowest BCUT2D eigenvalue weighted by Crippen LogP contribution is -2.14. The molecule has 3 atom stereocenters. The largest absolute Gasteiger partial charge is 0.379 e. The van der Waals surface area contributed by atoms with E-state index in [0.717, 1.165) is 30.8 Å². The van der Waals surface area contributed by atoms with Crippen molar-refractivity contribution < 1.29 is 4.74 Å². The van der Waals surface area contributed by atoms with Gasteiger partial charge in [-0.15, -0.1) is 0 Å². The van der Waals surface area contributed by atoms with Gasteiger partial charge in [-0.1, -0.05) is 47.5 Å². The Bertz CT molecular complexity index is 165. The fourth-order valence-corrected chi connectivity index (χ4v) is 2.07. The summed E-state index contributed by atoms with van der Waals surface area (Å²) < 4.78 is 5.72. The lowest BCUT2D eigenvalue weighted by molar-refractivity contribution is 0.0546. The van der Waals surface area contributed by atoms with Crippen molar-refractivity contribution in [3.8, 4) is 0 Å². The van der Waals surface area contributed by atoms with Gasteiger partial charge in [0, 0.05) is 6.61 Å². The molecule has 0 aromatic carbocycles. The van der Waals surface area contributed by atoms with E-state index in [4.69, 9.17) is 4.74 Å². The molecular formula is C16H34O. The average molecular weight is 242 g/mol. The summed E-state index contributed by atoms with van der Waals surface area (Å²) in [5.74, 6) is 2.54. The van der Waals surface area contributed by atoms with Crippen molar-refractivity contribution in [3.05, 3.63) is 0 Å². The topological polar surface area (TPSA) is 9.23 Å². The number of hydrogen-bond acceptors (Lipinski definition) is 1. The van der Waals surface area contributed by atoms with Gasteiger partial charge in [-0.05, 0) is 43.9 Å². The molecule has 1 nitrogen and oxygen atoms in total. The smallest absolute Gasteiger partial charge is 0.0547 e. The van der Waals surface area contributed by atoms with Crippen LogP contribution in [0.25, 0.3) is 0 Å². The summed E-state index contributed by atoms with van der Waals surface area (Å²) >= 11 is 0. The molecule has 17 heavy (non-hydrogen) atoms. The van der Waals surface area contributed by atoms with E-state index in [9.17, 15) is 0 Å². The Balaban J connectivity index is 3.65. The molecule has 0 fully saturated rings. The monoisotopic (exact) mass is 242 g/mol. The molecule has 0 radical (unpaired) electrons. The van der Waals surface area contributed by atoms with Crippen LogP contribution in [0.15, 0.2) is 0 Å². The molecule has 0 aliphatic heterocycles. The fraction of sp³-hybridized carbons (Fsp3) is 1.00. The molecule has 0 N–H and O–H groups in total. The third-order valence-electron chi connectivity index (χ3n) is 3.81. The first-order valence-corrected chi connectivity index (χ1v) is 7.58. The molecule has 0 rings (SSSR count). The molecule has 0 aromatic heterocycles. The third-order valence-corrected chi connectivity index (χ3v) is 3.81. The van der Waals surface area contributed by atoms with E-state index >= 15 is 0 Å². The van der Waals surface area contributed by atoms with Crippen LogP contribution < -0.4 is 0 Å². The van der Waals surface area contributed by atoms with Crippen LogP contribution in [0.1, 0.15) is 73.6 Å². The summed E-state index contributed by atoms with van der Waals surface area (Å²) in [6.07, 6.45) is 6.84. The molecule has 0 bridgehead atoms. The fourth-order valence-electron chi connectivity index (χ4n) is 2.07. The lowest BCUT2D eigenvalue weighted by atomic mass is 9.86. The first-order valence-electron chi connectivity index (χ1n) is 7.58. The van der Waals surface area contributed by atoms with Gasteiger partial charge < -0.3 is 4.74 Å². The molecule has 0 saturated heterocycles. The number of hydrogen-bond donors (Lipinski definition) is 0. The van der Waals surface area contributed by atoms with Gasteiger partial charge in [0.25, 0.3) is 0 Å². The quantitative estimate of drug-likeness (QED) is 0.506. The SMILES string of the molecule is CCCOC(C)CCC(C)C(C)CCC(C)C. The Labute approximate surface area is 109 Å². The van der Waals surface area contributed by atoms with Crippen LogP contribution in [0, 0.1) is 17.8 Å². The van der Waals surface area contributed by atoms with Crippen LogP contribution in [-0.4, -0.2) is 12.7 Å². The van der Waals surface area contributed by atoms with Crippen molar-refractivity contribution in [2.24, 2.45) is 17.8 Å². The van der Waals surface area contributed by atoms with Crippen LogP contribution in [0.3, 0.4) is 0 Å². The second-order valence-electron chi connectivity index (χ2n) is 6.18. The van der Waals surface area contributed by atoms with Gasteiger partial charge in [0.1, 0.15) is 0 Å². The van der Waals surface area contributed by atoms with Gasteiger partial charge in [-0.25, -0.2) is 0 Å². The zero-order valence-corrected chi connectivity index (χ0v) is 13.0. The summed E-state index contributed by atoms with van der Waals surface area (Å²) in [5.41, 5.74) is 0. The normalized spacial score (nSPS) is 17.1. The standard InChI is InChI=1S/C16H34O/c1-7-12-17-16(6)11-10-15(5)14(4)9-8-13(2)3/h13-16H,7-12H2,1-6H3. The number of ether oxygens (including phenoxy) is 1. The van der Waals surface area contributed by atoms with Crippen molar-refractivity contribution in [1.29, 1.82) is 0 Å². The van der Waals surface area contributed by atoms with Gasteiger partial charge in [-0.3, -0.25) is 0 Å². The van der Waals surface area contributed by atoms with E-state index in [1.807, 2.05) is 0 Å². The van der Waals surface area contributed by atoms with E-state index in [1.165, 1.54) is 25.7 Å².